The number of halogens is 2. The molecule has 2 aliphatic heterocycles. The molecule has 1 N–H and O–H groups in total. The zero-order valence-corrected chi connectivity index (χ0v) is 21.4. The number of nitrogens with one attached hydrogen (secondary N) is 1. The minimum atomic E-state index is -2.69. The van der Waals surface area contributed by atoms with Gasteiger partial charge in [0, 0.05) is 42.5 Å². The van der Waals surface area contributed by atoms with Crippen LogP contribution in [-0.2, 0) is 14.3 Å². The van der Waals surface area contributed by atoms with Crippen molar-refractivity contribution in [3.05, 3.63) is 53.6 Å². The van der Waals surface area contributed by atoms with Crippen LogP contribution in [-0.4, -0.2) is 65.5 Å². The number of carbonyl (C=O) groups excluding carboxylic acids is 3. The molecule has 5 rings (SSSR count). The fourth-order valence-corrected chi connectivity index (χ4v) is 4.74. The molecule has 0 unspecified atom stereocenters. The zero-order valence-electron chi connectivity index (χ0n) is 21.4. The SMILES string of the molecule is CC.O=CN1CCC(n2c(NC(=O)c3cccc(C(F)F)c3)nc3cc(N4CCOCC4=O)ccc32)CC1. The smallest absolute Gasteiger partial charge is 0.263 e. The molecule has 3 aromatic rings. The van der Waals surface area contributed by atoms with Gasteiger partial charge in [0.2, 0.25) is 12.4 Å². The van der Waals surface area contributed by atoms with Crippen molar-refractivity contribution in [1.82, 2.24) is 14.5 Å². The van der Waals surface area contributed by atoms with Crippen LogP contribution >= 0.6 is 0 Å². The highest BCUT2D eigenvalue weighted by Gasteiger charge is 2.27. The number of amides is 3. The summed E-state index contributed by atoms with van der Waals surface area (Å²) in [6.45, 7) is 6.02. The first kappa shape index (κ1) is 27.2. The number of carbonyl (C=O) groups is 3. The molecule has 2 aromatic carbocycles. The predicted octanol–water partition coefficient (Wildman–Crippen LogP) is 4.41. The maximum absolute atomic E-state index is 13.2. The van der Waals surface area contributed by atoms with Crippen molar-refractivity contribution < 1.29 is 27.9 Å². The van der Waals surface area contributed by atoms with Crippen molar-refractivity contribution in [2.45, 2.75) is 39.2 Å². The van der Waals surface area contributed by atoms with Gasteiger partial charge >= 0.3 is 0 Å². The molecule has 11 heteroatoms. The summed E-state index contributed by atoms with van der Waals surface area (Å²) in [7, 11) is 0. The number of nitrogens with zero attached hydrogens (tertiary/aromatic N) is 4. The number of piperidine rings is 1. The molecule has 38 heavy (non-hydrogen) atoms. The second kappa shape index (κ2) is 12.1. The lowest BCUT2D eigenvalue weighted by Crippen LogP contribution is -2.41. The van der Waals surface area contributed by atoms with E-state index in [1.807, 2.05) is 30.5 Å². The van der Waals surface area contributed by atoms with Crippen LogP contribution in [0.4, 0.5) is 20.4 Å². The number of benzene rings is 2. The highest BCUT2D eigenvalue weighted by atomic mass is 19.3. The largest absolute Gasteiger partial charge is 0.370 e. The summed E-state index contributed by atoms with van der Waals surface area (Å²) in [5, 5.41) is 2.80. The van der Waals surface area contributed by atoms with Crippen LogP contribution in [0.15, 0.2) is 42.5 Å². The van der Waals surface area contributed by atoms with Crippen LogP contribution in [0.3, 0.4) is 0 Å². The lowest BCUT2D eigenvalue weighted by Gasteiger charge is -2.31. The first-order chi connectivity index (χ1) is 18.4. The van der Waals surface area contributed by atoms with Gasteiger partial charge in [-0.25, -0.2) is 13.8 Å². The van der Waals surface area contributed by atoms with Crippen molar-refractivity contribution >= 4 is 40.9 Å². The van der Waals surface area contributed by atoms with Crippen molar-refractivity contribution in [2.75, 3.05) is 43.1 Å². The maximum atomic E-state index is 13.2. The van der Waals surface area contributed by atoms with Crippen LogP contribution in [0.2, 0.25) is 0 Å². The summed E-state index contributed by atoms with van der Waals surface area (Å²) in [5.74, 6) is -0.413. The van der Waals surface area contributed by atoms with Crippen LogP contribution in [0, 0.1) is 0 Å². The van der Waals surface area contributed by atoms with Gasteiger partial charge in [0.1, 0.15) is 6.61 Å². The van der Waals surface area contributed by atoms with Crippen LogP contribution in [0.1, 0.15) is 55.1 Å². The number of likely N-dealkylation sites (tertiary alicyclic amines) is 1. The van der Waals surface area contributed by atoms with E-state index < -0.39 is 12.3 Å². The van der Waals surface area contributed by atoms with Gasteiger partial charge in [-0.2, -0.15) is 0 Å². The van der Waals surface area contributed by atoms with Crippen LogP contribution < -0.4 is 10.2 Å². The molecule has 0 atom stereocenters. The predicted molar refractivity (Wildman–Crippen MR) is 140 cm³/mol. The summed E-state index contributed by atoms with van der Waals surface area (Å²) in [4.78, 5) is 44.5. The fraction of sp³-hybridized carbons (Fsp3) is 0.407. The van der Waals surface area contributed by atoms with Gasteiger partial charge in [-0.05, 0) is 43.2 Å². The lowest BCUT2D eigenvalue weighted by molar-refractivity contribution is -0.125. The molecule has 3 amide bonds. The van der Waals surface area contributed by atoms with E-state index in [0.717, 1.165) is 18.0 Å². The topological polar surface area (TPSA) is 96.8 Å². The summed E-state index contributed by atoms with van der Waals surface area (Å²) in [6, 6.07) is 10.8. The Morgan fingerprint density at radius 1 is 1.13 bits per heavy atom. The minimum Gasteiger partial charge on any atom is -0.370 e. The van der Waals surface area contributed by atoms with Gasteiger partial charge in [0.25, 0.3) is 18.2 Å². The first-order valence-electron chi connectivity index (χ1n) is 12.7. The average Bonchev–Trinajstić information content (AvgIpc) is 3.31. The summed E-state index contributed by atoms with van der Waals surface area (Å²) in [5.41, 5.74) is 1.89. The van der Waals surface area contributed by atoms with E-state index in [2.05, 4.69) is 10.3 Å². The van der Waals surface area contributed by atoms with Gasteiger partial charge in [0.15, 0.2) is 0 Å². The molecule has 0 saturated carbocycles. The van der Waals surface area contributed by atoms with Gasteiger partial charge < -0.3 is 19.1 Å². The third-order valence-corrected chi connectivity index (χ3v) is 6.61. The Morgan fingerprint density at radius 2 is 1.89 bits per heavy atom. The van der Waals surface area contributed by atoms with E-state index in [4.69, 9.17) is 4.74 Å². The van der Waals surface area contributed by atoms with Crippen LogP contribution in [0.5, 0.6) is 0 Å². The molecular weight excluding hydrogens is 496 g/mol. The van der Waals surface area contributed by atoms with Gasteiger partial charge in [-0.1, -0.05) is 26.0 Å². The first-order valence-corrected chi connectivity index (χ1v) is 12.7. The molecule has 1 aromatic heterocycles. The second-order valence-electron chi connectivity index (χ2n) is 8.83. The molecule has 0 bridgehead atoms. The number of ether oxygens (including phenoxy) is 1. The van der Waals surface area contributed by atoms with E-state index in [1.165, 1.54) is 18.2 Å². The number of hydrogen-bond donors (Lipinski definition) is 1. The highest BCUT2D eigenvalue weighted by Crippen LogP contribution is 2.33. The van der Waals surface area contributed by atoms with E-state index in [0.29, 0.717) is 50.3 Å². The van der Waals surface area contributed by atoms with Crippen molar-refractivity contribution in [3.8, 4) is 0 Å². The van der Waals surface area contributed by atoms with Gasteiger partial charge in [-0.15, -0.1) is 0 Å². The highest BCUT2D eigenvalue weighted by molar-refractivity contribution is 6.04. The third kappa shape index (κ3) is 5.67. The van der Waals surface area contributed by atoms with Crippen molar-refractivity contribution in [3.63, 3.8) is 0 Å². The number of imidazole rings is 1. The number of aromatic nitrogens is 2. The van der Waals surface area contributed by atoms with E-state index in [1.54, 1.807) is 15.9 Å². The lowest BCUT2D eigenvalue weighted by atomic mass is 10.0. The molecule has 2 fully saturated rings. The summed E-state index contributed by atoms with van der Waals surface area (Å²) < 4.78 is 33.4. The van der Waals surface area contributed by atoms with E-state index >= 15 is 0 Å². The van der Waals surface area contributed by atoms with E-state index in [9.17, 15) is 23.2 Å². The monoisotopic (exact) mass is 527 g/mol. The number of morpholine rings is 1. The Labute approximate surface area is 219 Å². The zero-order chi connectivity index (χ0) is 27.2. The van der Waals surface area contributed by atoms with Crippen molar-refractivity contribution in [2.24, 2.45) is 0 Å². The molecule has 0 radical (unpaired) electrons. The summed E-state index contributed by atoms with van der Waals surface area (Å²) in [6.07, 6.45) is -0.534. The summed E-state index contributed by atoms with van der Waals surface area (Å²) >= 11 is 0. The molecule has 0 aliphatic carbocycles. The number of rotatable bonds is 6. The van der Waals surface area contributed by atoms with Crippen LogP contribution in [0.25, 0.3) is 11.0 Å². The molecule has 2 aliphatic rings. The standard InChI is InChI=1S/C25H25F2N5O4.C2H6/c26-23(27)16-2-1-3-17(12-16)24(35)29-25-28-20-13-19(31-10-11-36-14-22(31)34)4-5-21(20)32(25)18-6-8-30(15-33)9-7-18;1-2/h1-5,12-13,15,18,23H,6-11,14H2,(H,28,29,35);1-2H3. The number of alkyl halides is 2. The second-order valence-corrected chi connectivity index (χ2v) is 8.83. The quantitative estimate of drug-likeness (QED) is 0.479. The number of fused-ring (bicyclic) bond motifs is 1. The Kier molecular flexibility index (Phi) is 8.67. The fourth-order valence-electron chi connectivity index (χ4n) is 4.74. The molecule has 202 valence electrons. The molecular formula is C27H31F2N5O4. The van der Waals surface area contributed by atoms with Crippen molar-refractivity contribution in [1.29, 1.82) is 0 Å². The maximum Gasteiger partial charge on any atom is 0.263 e. The Bertz CT molecular complexity index is 1300. The third-order valence-electron chi connectivity index (χ3n) is 6.61. The average molecular weight is 528 g/mol. The molecule has 9 nitrogen and oxygen atoms in total. The molecule has 3 heterocycles. The Morgan fingerprint density at radius 3 is 2.58 bits per heavy atom. The Balaban J connectivity index is 0.00000164. The Hall–Kier alpha value is -3.86. The number of hydrogen-bond acceptors (Lipinski definition) is 5. The van der Waals surface area contributed by atoms with Gasteiger partial charge in [-0.3, -0.25) is 19.7 Å². The normalized spacial score (nSPS) is 16.4. The van der Waals surface area contributed by atoms with E-state index in [-0.39, 0.29) is 35.6 Å². The molecule has 0 spiro atoms. The van der Waals surface area contributed by atoms with Gasteiger partial charge in [0.05, 0.1) is 17.6 Å². The molecule has 2 saturated heterocycles. The minimum absolute atomic E-state index is 0.0147. The number of anilines is 2.